The molecule has 1 heterocycles. The third kappa shape index (κ3) is 4.93. The first-order valence-corrected chi connectivity index (χ1v) is 8.90. The lowest BCUT2D eigenvalue weighted by Gasteiger charge is -2.16. The highest BCUT2D eigenvalue weighted by Crippen LogP contribution is 2.27. The van der Waals surface area contributed by atoms with Gasteiger partial charge in [-0.25, -0.2) is 9.98 Å². The molecule has 1 aromatic carbocycles. The third-order valence-electron chi connectivity index (χ3n) is 2.99. The minimum atomic E-state index is 0.810. The second kappa shape index (κ2) is 8.29. The largest absolute Gasteiger partial charge is 0.363 e. The van der Waals surface area contributed by atoms with Gasteiger partial charge >= 0.3 is 0 Å². The first kappa shape index (κ1) is 16.2. The summed E-state index contributed by atoms with van der Waals surface area (Å²) in [5, 5.41) is 2.87. The summed E-state index contributed by atoms with van der Waals surface area (Å²) in [6, 6.07) is 8.18. The molecule has 0 amide bonds. The second-order valence-corrected chi connectivity index (χ2v) is 6.55. The number of aliphatic imine (C=N–C) groups is 1. The summed E-state index contributed by atoms with van der Waals surface area (Å²) >= 11 is 5.03. The van der Waals surface area contributed by atoms with E-state index in [9.17, 15) is 0 Å². The van der Waals surface area contributed by atoms with Gasteiger partial charge in [-0.2, -0.15) is 0 Å². The van der Waals surface area contributed by atoms with E-state index in [1.54, 1.807) is 11.3 Å². The van der Waals surface area contributed by atoms with Crippen LogP contribution in [0.5, 0.6) is 0 Å². The van der Waals surface area contributed by atoms with Crippen molar-refractivity contribution < 1.29 is 0 Å². The minimum absolute atomic E-state index is 0.810. The molecule has 0 atom stereocenters. The van der Waals surface area contributed by atoms with E-state index in [0.29, 0.717) is 0 Å². The Kier molecular flexibility index (Phi) is 6.39. The molecule has 0 unspecified atom stereocenters. The van der Waals surface area contributed by atoms with Crippen molar-refractivity contribution >= 4 is 38.7 Å². The summed E-state index contributed by atoms with van der Waals surface area (Å²) in [5.74, 6) is 0. The highest BCUT2D eigenvalue weighted by Gasteiger charge is 2.04. The quantitative estimate of drug-likeness (QED) is 0.488. The van der Waals surface area contributed by atoms with E-state index in [1.165, 1.54) is 0 Å². The maximum Gasteiger partial charge on any atom is 0.211 e. The predicted octanol–water partition coefficient (Wildman–Crippen LogP) is 5.35. The van der Waals surface area contributed by atoms with Crippen molar-refractivity contribution in [2.45, 2.75) is 26.7 Å². The number of halogens is 1. The summed E-state index contributed by atoms with van der Waals surface area (Å²) in [5.41, 5.74) is 2.10. The molecule has 112 valence electrons. The molecule has 0 spiro atoms. The van der Waals surface area contributed by atoms with Crippen LogP contribution in [0.15, 0.2) is 39.1 Å². The normalized spacial score (nSPS) is 11.2. The summed E-state index contributed by atoms with van der Waals surface area (Å²) < 4.78 is 1.08. The number of nitrogens with zero attached hydrogens (tertiary/aromatic N) is 3. The van der Waals surface area contributed by atoms with Crippen LogP contribution in [-0.4, -0.2) is 29.3 Å². The van der Waals surface area contributed by atoms with Crippen molar-refractivity contribution in [1.29, 1.82) is 0 Å². The van der Waals surface area contributed by atoms with Crippen molar-refractivity contribution in [3.8, 4) is 11.3 Å². The van der Waals surface area contributed by atoms with Crippen LogP contribution in [0.4, 0.5) is 5.13 Å². The molecular weight excluding hydrogens is 346 g/mol. The van der Waals surface area contributed by atoms with Gasteiger partial charge in [-0.1, -0.05) is 41.9 Å². The lowest BCUT2D eigenvalue weighted by Crippen LogP contribution is -2.23. The van der Waals surface area contributed by atoms with Gasteiger partial charge in [0.2, 0.25) is 5.13 Å². The molecule has 0 fully saturated rings. The molecule has 3 nitrogen and oxygen atoms in total. The molecule has 0 saturated heterocycles. The maximum absolute atomic E-state index is 4.58. The first-order valence-electron chi connectivity index (χ1n) is 7.22. The SMILES string of the molecule is CCCN(C=Nc1nc(-c2ccc(Br)cc2)cs1)CCC. The number of benzene rings is 1. The van der Waals surface area contributed by atoms with Gasteiger partial charge in [-0.15, -0.1) is 11.3 Å². The van der Waals surface area contributed by atoms with Gasteiger partial charge in [-0.05, 0) is 25.0 Å². The van der Waals surface area contributed by atoms with Gasteiger partial charge in [0, 0.05) is 28.5 Å². The predicted molar refractivity (Wildman–Crippen MR) is 95.6 cm³/mol. The van der Waals surface area contributed by atoms with Gasteiger partial charge in [0.25, 0.3) is 0 Å². The zero-order chi connectivity index (χ0) is 15.1. The van der Waals surface area contributed by atoms with Gasteiger partial charge in [0.05, 0.1) is 12.0 Å². The average molecular weight is 366 g/mol. The lowest BCUT2D eigenvalue weighted by atomic mass is 10.2. The van der Waals surface area contributed by atoms with Crippen molar-refractivity contribution in [2.75, 3.05) is 13.1 Å². The Morgan fingerprint density at radius 1 is 1.19 bits per heavy atom. The molecule has 1 aromatic heterocycles. The molecule has 0 saturated carbocycles. The monoisotopic (exact) mass is 365 g/mol. The Hall–Kier alpha value is -1.20. The number of hydrogen-bond donors (Lipinski definition) is 0. The molecule has 0 aliphatic carbocycles. The van der Waals surface area contributed by atoms with Crippen LogP contribution >= 0.6 is 27.3 Å². The van der Waals surface area contributed by atoms with Crippen molar-refractivity contribution in [1.82, 2.24) is 9.88 Å². The zero-order valence-corrected chi connectivity index (χ0v) is 14.8. The summed E-state index contributed by atoms with van der Waals surface area (Å²) in [6.45, 7) is 6.46. The fourth-order valence-corrected chi connectivity index (χ4v) is 2.94. The van der Waals surface area contributed by atoms with Crippen molar-refractivity contribution in [3.63, 3.8) is 0 Å². The third-order valence-corrected chi connectivity index (χ3v) is 4.26. The smallest absolute Gasteiger partial charge is 0.211 e. The van der Waals surface area contributed by atoms with E-state index >= 15 is 0 Å². The fraction of sp³-hybridized carbons (Fsp3) is 0.375. The van der Waals surface area contributed by atoms with E-state index in [0.717, 1.165) is 46.8 Å². The van der Waals surface area contributed by atoms with E-state index in [4.69, 9.17) is 0 Å². The van der Waals surface area contributed by atoms with Gasteiger partial charge in [0.1, 0.15) is 0 Å². The average Bonchev–Trinajstić information content (AvgIpc) is 2.95. The standard InChI is InChI=1S/C16H20BrN3S/c1-3-9-20(10-4-2)12-18-16-19-15(11-21-16)13-5-7-14(17)8-6-13/h5-8,11-12H,3-4,9-10H2,1-2H3. The Bertz CT molecular complexity index is 571. The highest BCUT2D eigenvalue weighted by molar-refractivity contribution is 9.10. The molecule has 0 aliphatic heterocycles. The van der Waals surface area contributed by atoms with E-state index in [1.807, 2.05) is 18.5 Å². The van der Waals surface area contributed by atoms with E-state index < -0.39 is 0 Å². The van der Waals surface area contributed by atoms with E-state index in [2.05, 4.69) is 62.2 Å². The number of rotatable bonds is 7. The molecule has 0 bridgehead atoms. The maximum atomic E-state index is 4.58. The van der Waals surface area contributed by atoms with Crippen molar-refractivity contribution in [2.24, 2.45) is 4.99 Å². The molecule has 2 aromatic rings. The number of hydrogen-bond acceptors (Lipinski definition) is 3. The molecule has 5 heteroatoms. The fourth-order valence-electron chi connectivity index (χ4n) is 2.01. The summed E-state index contributed by atoms with van der Waals surface area (Å²) in [7, 11) is 0. The minimum Gasteiger partial charge on any atom is -0.363 e. The molecule has 2 rings (SSSR count). The first-order chi connectivity index (χ1) is 10.2. The Morgan fingerprint density at radius 2 is 1.86 bits per heavy atom. The van der Waals surface area contributed by atoms with Crippen LogP contribution in [0, 0.1) is 0 Å². The van der Waals surface area contributed by atoms with Gasteiger partial charge < -0.3 is 4.90 Å². The van der Waals surface area contributed by atoms with Crippen LogP contribution in [0.1, 0.15) is 26.7 Å². The topological polar surface area (TPSA) is 28.5 Å². The number of thiazole rings is 1. The van der Waals surface area contributed by atoms with Crippen molar-refractivity contribution in [3.05, 3.63) is 34.1 Å². The molecule has 0 radical (unpaired) electrons. The highest BCUT2D eigenvalue weighted by atomic mass is 79.9. The zero-order valence-electron chi connectivity index (χ0n) is 12.4. The molecule has 21 heavy (non-hydrogen) atoms. The molecule has 0 N–H and O–H groups in total. The summed E-state index contributed by atoms with van der Waals surface area (Å²) in [6.07, 6.45) is 4.19. The van der Waals surface area contributed by atoms with Crippen LogP contribution in [0.3, 0.4) is 0 Å². The van der Waals surface area contributed by atoms with Gasteiger partial charge in [0.15, 0.2) is 0 Å². The second-order valence-electron chi connectivity index (χ2n) is 4.80. The Labute approximate surface area is 138 Å². The van der Waals surface area contributed by atoms with Crippen LogP contribution in [0.25, 0.3) is 11.3 Å². The summed E-state index contributed by atoms with van der Waals surface area (Å²) in [4.78, 5) is 11.3. The van der Waals surface area contributed by atoms with Crippen LogP contribution in [-0.2, 0) is 0 Å². The van der Waals surface area contributed by atoms with Crippen LogP contribution < -0.4 is 0 Å². The van der Waals surface area contributed by atoms with E-state index in [-0.39, 0.29) is 0 Å². The molecule has 0 aliphatic rings. The van der Waals surface area contributed by atoms with Crippen LogP contribution in [0.2, 0.25) is 0 Å². The Morgan fingerprint density at radius 3 is 2.48 bits per heavy atom. The molecular formula is C16H20BrN3S. The lowest BCUT2D eigenvalue weighted by molar-refractivity contribution is 0.428. The Balaban J connectivity index is 2.07. The number of aromatic nitrogens is 1. The van der Waals surface area contributed by atoms with Gasteiger partial charge in [-0.3, -0.25) is 0 Å².